The zero-order chi connectivity index (χ0) is 8.57. The van der Waals surface area contributed by atoms with E-state index in [4.69, 9.17) is 15.0 Å². The lowest BCUT2D eigenvalue weighted by molar-refractivity contribution is -0.137. The molecule has 57 valence electrons. The number of carboxylic acid groups (broad SMARTS) is 1. The number of hydrogen-bond donors (Lipinski definition) is 1. The van der Waals surface area contributed by atoms with Gasteiger partial charge in [0.25, 0.3) is 0 Å². The second kappa shape index (κ2) is 7.68. The monoisotopic (exact) mass is 145 g/mol. The van der Waals surface area contributed by atoms with E-state index < -0.39 is 11.9 Å². The molecular formula is C6H9O4. The zero-order valence-corrected chi connectivity index (χ0v) is 5.66. The van der Waals surface area contributed by atoms with Gasteiger partial charge in [-0.05, 0) is 0 Å². The molecule has 0 aromatic carbocycles. The molecule has 0 rings (SSSR count). The molecule has 0 saturated carbocycles. The highest BCUT2D eigenvalue weighted by atomic mass is 16.4. The Hall–Kier alpha value is -1.32. The minimum atomic E-state index is -1.23. The Balaban J connectivity index is 0. The molecule has 0 aliphatic carbocycles. The number of carbonyl (C=O) groups excluding carboxylic acids is 1. The highest BCUT2D eigenvalue weighted by Gasteiger charge is 1.80. The number of aliphatic carboxylic acids is 1. The molecule has 0 aromatic heterocycles. The van der Waals surface area contributed by atoms with Crippen molar-refractivity contribution in [1.82, 2.24) is 0 Å². The lowest BCUT2D eigenvalue weighted by atomic mass is 10.5. The molecule has 0 aliphatic rings. The van der Waals surface area contributed by atoms with E-state index >= 15 is 0 Å². The summed E-state index contributed by atoms with van der Waals surface area (Å²) < 4.78 is 0. The van der Waals surface area contributed by atoms with Crippen LogP contribution in [0.3, 0.4) is 0 Å². The molecule has 10 heavy (non-hydrogen) atoms. The van der Waals surface area contributed by atoms with Crippen molar-refractivity contribution in [2.45, 2.75) is 13.3 Å². The summed E-state index contributed by atoms with van der Waals surface area (Å²) in [7, 11) is 0. The first-order valence-electron chi connectivity index (χ1n) is 2.59. The van der Waals surface area contributed by atoms with Gasteiger partial charge in [0, 0.05) is 12.5 Å². The number of carbonyl (C=O) groups is 2. The van der Waals surface area contributed by atoms with Crippen LogP contribution in [0.4, 0.5) is 0 Å². The molecular weight excluding hydrogens is 136 g/mol. The average molecular weight is 145 g/mol. The van der Waals surface area contributed by atoms with Gasteiger partial charge in [0.05, 0.1) is 0 Å². The third-order valence-corrected chi connectivity index (χ3v) is 0.469. The molecule has 0 aromatic rings. The summed E-state index contributed by atoms with van der Waals surface area (Å²) in [5.41, 5.74) is 0. The lowest BCUT2D eigenvalue weighted by Crippen LogP contribution is -1.86. The van der Waals surface area contributed by atoms with E-state index in [0.29, 0.717) is 0 Å². The summed E-state index contributed by atoms with van der Waals surface area (Å²) in [5, 5.41) is 16.9. The maximum Gasteiger partial charge on any atom is 0.378 e. The maximum absolute atomic E-state index is 9.37. The van der Waals surface area contributed by atoms with Gasteiger partial charge >= 0.3 is 11.9 Å². The first kappa shape index (κ1) is 11.5. The van der Waals surface area contributed by atoms with Gasteiger partial charge in [-0.25, -0.2) is 9.90 Å². The molecule has 0 heterocycles. The van der Waals surface area contributed by atoms with E-state index in [-0.39, 0.29) is 6.42 Å². The predicted octanol–water partition coefficient (Wildman–Crippen LogP) is 0.611. The van der Waals surface area contributed by atoms with E-state index in [1.54, 1.807) is 6.92 Å². The van der Waals surface area contributed by atoms with Crippen LogP contribution in [0.5, 0.6) is 0 Å². The molecule has 1 radical (unpaired) electrons. The third-order valence-electron chi connectivity index (χ3n) is 0.469. The van der Waals surface area contributed by atoms with Gasteiger partial charge < -0.3 is 5.11 Å². The highest BCUT2D eigenvalue weighted by molar-refractivity contribution is 5.78. The first-order chi connectivity index (χ1) is 4.54. The predicted molar refractivity (Wildman–Crippen MR) is 33.8 cm³/mol. The topological polar surface area (TPSA) is 74.3 Å². The van der Waals surface area contributed by atoms with E-state index in [1.165, 1.54) is 0 Å². The summed E-state index contributed by atoms with van der Waals surface area (Å²) in [4.78, 5) is 18.5. The number of rotatable bonds is 2. The molecule has 4 nitrogen and oxygen atoms in total. The van der Waals surface area contributed by atoms with Gasteiger partial charge in [-0.2, -0.15) is 0 Å². The van der Waals surface area contributed by atoms with Crippen molar-refractivity contribution in [2.24, 2.45) is 0 Å². The van der Waals surface area contributed by atoms with Gasteiger partial charge in [-0.1, -0.05) is 13.5 Å². The standard InChI is InChI=1S/C3H6O2.C3H3O2/c2*1-2-3(4)5/h2H2,1H3,(H,4,5);2H,1H2. The largest absolute Gasteiger partial charge is 0.481 e. The van der Waals surface area contributed by atoms with E-state index in [1.807, 2.05) is 0 Å². The summed E-state index contributed by atoms with van der Waals surface area (Å²) in [6.07, 6.45) is 0.944. The van der Waals surface area contributed by atoms with Crippen LogP contribution < -0.4 is 0 Å². The fourth-order valence-electron chi connectivity index (χ4n) is 0. The normalized spacial score (nSPS) is 6.90. The van der Waals surface area contributed by atoms with Crippen LogP contribution in [0.2, 0.25) is 0 Å². The Morgan fingerprint density at radius 2 is 1.80 bits per heavy atom. The zero-order valence-electron chi connectivity index (χ0n) is 5.66. The molecule has 0 spiro atoms. The fraction of sp³-hybridized carbons (Fsp3) is 0.333. The molecule has 4 heteroatoms. The summed E-state index contributed by atoms with van der Waals surface area (Å²) in [6, 6.07) is 0. The molecule has 0 unspecified atom stereocenters. The molecule has 0 atom stereocenters. The Kier molecular flexibility index (Phi) is 8.81. The van der Waals surface area contributed by atoms with Crippen molar-refractivity contribution >= 4 is 11.9 Å². The van der Waals surface area contributed by atoms with Crippen molar-refractivity contribution in [3.8, 4) is 0 Å². The van der Waals surface area contributed by atoms with Crippen LogP contribution in [0, 0.1) is 0 Å². The van der Waals surface area contributed by atoms with Crippen molar-refractivity contribution in [1.29, 1.82) is 0 Å². The van der Waals surface area contributed by atoms with Crippen molar-refractivity contribution in [3.05, 3.63) is 12.7 Å². The SMILES string of the molecule is C=CC([O])=O.CCC(=O)O. The Bertz CT molecular complexity index is 128. The Morgan fingerprint density at radius 3 is 1.80 bits per heavy atom. The number of hydrogen-bond acceptors (Lipinski definition) is 2. The maximum atomic E-state index is 9.37. The van der Waals surface area contributed by atoms with Crippen molar-refractivity contribution in [3.63, 3.8) is 0 Å². The minimum absolute atomic E-state index is 0.222. The lowest BCUT2D eigenvalue weighted by Gasteiger charge is -1.71. The third kappa shape index (κ3) is 30.0. The fourth-order valence-corrected chi connectivity index (χ4v) is 0. The first-order valence-corrected chi connectivity index (χ1v) is 2.59. The second-order valence-corrected chi connectivity index (χ2v) is 1.27. The molecule has 1 N–H and O–H groups in total. The highest BCUT2D eigenvalue weighted by Crippen LogP contribution is 1.67. The van der Waals surface area contributed by atoms with Crippen LogP contribution in [0.15, 0.2) is 12.7 Å². The van der Waals surface area contributed by atoms with Gasteiger partial charge in [-0.3, -0.25) is 4.79 Å². The summed E-state index contributed by atoms with van der Waals surface area (Å²) >= 11 is 0. The van der Waals surface area contributed by atoms with Crippen LogP contribution in [0.1, 0.15) is 13.3 Å². The van der Waals surface area contributed by atoms with Crippen molar-refractivity contribution in [2.75, 3.05) is 0 Å². The van der Waals surface area contributed by atoms with Crippen LogP contribution in [0.25, 0.3) is 0 Å². The van der Waals surface area contributed by atoms with Crippen LogP contribution in [-0.4, -0.2) is 17.0 Å². The Morgan fingerprint density at radius 1 is 1.60 bits per heavy atom. The molecule has 0 saturated heterocycles. The van der Waals surface area contributed by atoms with Gasteiger partial charge in [0.15, 0.2) is 0 Å². The van der Waals surface area contributed by atoms with E-state index in [0.717, 1.165) is 6.08 Å². The quantitative estimate of drug-likeness (QED) is 0.578. The summed E-state index contributed by atoms with van der Waals surface area (Å²) in [5.74, 6) is -1.98. The van der Waals surface area contributed by atoms with Crippen LogP contribution >= 0.6 is 0 Å². The summed E-state index contributed by atoms with van der Waals surface area (Å²) in [6.45, 7) is 4.50. The van der Waals surface area contributed by atoms with E-state index in [9.17, 15) is 4.79 Å². The van der Waals surface area contributed by atoms with Gasteiger partial charge in [0.2, 0.25) is 0 Å². The van der Waals surface area contributed by atoms with E-state index in [2.05, 4.69) is 6.58 Å². The second-order valence-electron chi connectivity index (χ2n) is 1.27. The van der Waals surface area contributed by atoms with Gasteiger partial charge in [0.1, 0.15) is 0 Å². The smallest absolute Gasteiger partial charge is 0.378 e. The molecule has 0 amide bonds. The number of carboxylic acids is 1. The molecule has 0 bridgehead atoms. The van der Waals surface area contributed by atoms with Crippen molar-refractivity contribution < 1.29 is 19.8 Å². The molecule has 0 aliphatic heterocycles. The average Bonchev–Trinajstić information content (AvgIpc) is 1.89. The Labute approximate surface area is 58.8 Å². The molecule has 0 fully saturated rings. The van der Waals surface area contributed by atoms with Crippen LogP contribution in [-0.2, 0) is 14.7 Å². The van der Waals surface area contributed by atoms with Gasteiger partial charge in [-0.15, -0.1) is 0 Å². The minimum Gasteiger partial charge on any atom is -0.481 e.